The van der Waals surface area contributed by atoms with Crippen LogP contribution in [-0.2, 0) is 11.2 Å². The summed E-state index contributed by atoms with van der Waals surface area (Å²) in [5, 5.41) is 8.85. The standard InChI is InChI=1S/C20H27FN4OS/c1-22-20(23-8-7-18-6-3-13-27-18)24-15-19(25-9-11-26-12-10-25)16-4-2-5-17(21)14-16/h2-6,13-14,19H,7-12,15H2,1H3,(H2,22,23,24). The van der Waals surface area contributed by atoms with Crippen LogP contribution in [0.3, 0.4) is 0 Å². The van der Waals surface area contributed by atoms with E-state index < -0.39 is 0 Å². The van der Waals surface area contributed by atoms with Crippen LogP contribution in [0.4, 0.5) is 4.39 Å². The second kappa shape index (κ2) is 10.4. The smallest absolute Gasteiger partial charge is 0.191 e. The summed E-state index contributed by atoms with van der Waals surface area (Å²) in [5.41, 5.74) is 0.971. The normalized spacial score (nSPS) is 16.9. The lowest BCUT2D eigenvalue weighted by atomic mass is 10.0. The van der Waals surface area contributed by atoms with Crippen LogP contribution < -0.4 is 10.6 Å². The fourth-order valence-electron chi connectivity index (χ4n) is 3.23. The van der Waals surface area contributed by atoms with Crippen molar-refractivity contribution >= 4 is 17.3 Å². The molecule has 0 bridgehead atoms. The number of thiophene rings is 1. The van der Waals surface area contributed by atoms with Crippen molar-refractivity contribution in [2.45, 2.75) is 12.5 Å². The minimum atomic E-state index is -0.204. The maximum atomic E-state index is 13.8. The molecule has 0 spiro atoms. The average Bonchev–Trinajstić information content (AvgIpc) is 3.21. The molecule has 27 heavy (non-hydrogen) atoms. The Kier molecular flexibility index (Phi) is 7.62. The number of morpholine rings is 1. The fourth-order valence-corrected chi connectivity index (χ4v) is 3.94. The van der Waals surface area contributed by atoms with Crippen LogP contribution in [0.5, 0.6) is 0 Å². The zero-order valence-corrected chi connectivity index (χ0v) is 16.5. The summed E-state index contributed by atoms with van der Waals surface area (Å²) in [7, 11) is 1.77. The van der Waals surface area contributed by atoms with Gasteiger partial charge in [-0.2, -0.15) is 0 Å². The number of rotatable bonds is 7. The maximum absolute atomic E-state index is 13.8. The Labute approximate surface area is 164 Å². The SMILES string of the molecule is CN=C(NCCc1cccs1)NCC(c1cccc(F)c1)N1CCOCC1. The third kappa shape index (κ3) is 6.02. The van der Waals surface area contributed by atoms with Gasteiger partial charge in [-0.3, -0.25) is 9.89 Å². The number of halogens is 1. The van der Waals surface area contributed by atoms with E-state index in [1.165, 1.54) is 10.9 Å². The van der Waals surface area contributed by atoms with Gasteiger partial charge in [0.15, 0.2) is 5.96 Å². The Morgan fingerprint density at radius 3 is 2.81 bits per heavy atom. The van der Waals surface area contributed by atoms with E-state index in [0.717, 1.165) is 37.6 Å². The van der Waals surface area contributed by atoms with Gasteiger partial charge in [-0.05, 0) is 35.6 Å². The first-order valence-electron chi connectivity index (χ1n) is 9.30. The van der Waals surface area contributed by atoms with E-state index in [2.05, 4.69) is 38.0 Å². The van der Waals surface area contributed by atoms with Crippen molar-refractivity contribution in [3.8, 4) is 0 Å². The molecule has 0 amide bonds. The lowest BCUT2D eigenvalue weighted by molar-refractivity contribution is 0.0169. The lowest BCUT2D eigenvalue weighted by Crippen LogP contribution is -2.46. The molecule has 5 nitrogen and oxygen atoms in total. The van der Waals surface area contributed by atoms with Gasteiger partial charge in [-0.15, -0.1) is 11.3 Å². The highest BCUT2D eigenvalue weighted by atomic mass is 32.1. The summed E-state index contributed by atoms with van der Waals surface area (Å²) >= 11 is 1.76. The van der Waals surface area contributed by atoms with Crippen molar-refractivity contribution in [2.75, 3.05) is 46.4 Å². The van der Waals surface area contributed by atoms with E-state index in [-0.39, 0.29) is 11.9 Å². The molecule has 1 fully saturated rings. The van der Waals surface area contributed by atoms with Crippen molar-refractivity contribution in [3.63, 3.8) is 0 Å². The molecule has 1 atom stereocenters. The predicted octanol–water partition coefficient (Wildman–Crippen LogP) is 2.67. The lowest BCUT2D eigenvalue weighted by Gasteiger charge is -2.35. The summed E-state index contributed by atoms with van der Waals surface area (Å²) in [6.07, 6.45) is 0.967. The molecule has 2 heterocycles. The van der Waals surface area contributed by atoms with Crippen molar-refractivity contribution in [2.24, 2.45) is 4.99 Å². The van der Waals surface area contributed by atoms with Gasteiger partial charge >= 0.3 is 0 Å². The molecule has 146 valence electrons. The molecule has 1 aromatic carbocycles. The minimum Gasteiger partial charge on any atom is -0.379 e. The van der Waals surface area contributed by atoms with E-state index >= 15 is 0 Å². The van der Waals surface area contributed by atoms with Gasteiger partial charge in [0.2, 0.25) is 0 Å². The summed E-state index contributed by atoms with van der Waals surface area (Å²) in [4.78, 5) is 8.00. The summed E-state index contributed by atoms with van der Waals surface area (Å²) in [6.45, 7) is 4.57. The first-order valence-corrected chi connectivity index (χ1v) is 10.2. The number of nitrogens with one attached hydrogen (secondary N) is 2. The Bertz CT molecular complexity index is 717. The molecule has 1 aliphatic rings. The Balaban J connectivity index is 1.58. The van der Waals surface area contributed by atoms with E-state index in [1.54, 1.807) is 30.5 Å². The van der Waals surface area contributed by atoms with E-state index in [9.17, 15) is 4.39 Å². The molecule has 2 N–H and O–H groups in total. The van der Waals surface area contributed by atoms with E-state index in [0.29, 0.717) is 19.8 Å². The molecule has 3 rings (SSSR count). The molecule has 1 aliphatic heterocycles. The molecule has 0 saturated carbocycles. The topological polar surface area (TPSA) is 48.9 Å². The summed E-state index contributed by atoms with van der Waals surface area (Å²) in [5.74, 6) is 0.561. The van der Waals surface area contributed by atoms with Gasteiger partial charge < -0.3 is 15.4 Å². The first-order chi connectivity index (χ1) is 13.3. The van der Waals surface area contributed by atoms with Crippen molar-refractivity contribution in [1.29, 1.82) is 0 Å². The molecule has 1 aromatic heterocycles. The number of benzene rings is 1. The molecular weight excluding hydrogens is 363 g/mol. The Morgan fingerprint density at radius 2 is 2.11 bits per heavy atom. The maximum Gasteiger partial charge on any atom is 0.191 e. The Morgan fingerprint density at radius 1 is 1.26 bits per heavy atom. The number of hydrogen-bond donors (Lipinski definition) is 2. The zero-order valence-electron chi connectivity index (χ0n) is 15.7. The monoisotopic (exact) mass is 390 g/mol. The highest BCUT2D eigenvalue weighted by molar-refractivity contribution is 7.09. The number of ether oxygens (including phenoxy) is 1. The van der Waals surface area contributed by atoms with Crippen LogP contribution in [0.2, 0.25) is 0 Å². The van der Waals surface area contributed by atoms with Gasteiger partial charge in [0.1, 0.15) is 5.82 Å². The van der Waals surface area contributed by atoms with Crippen LogP contribution in [-0.4, -0.2) is 57.3 Å². The van der Waals surface area contributed by atoms with Crippen molar-refractivity contribution in [1.82, 2.24) is 15.5 Å². The molecule has 1 saturated heterocycles. The molecule has 0 radical (unpaired) electrons. The summed E-state index contributed by atoms with van der Waals surface area (Å²) in [6, 6.07) is 11.1. The molecule has 0 aliphatic carbocycles. The van der Waals surface area contributed by atoms with Crippen LogP contribution in [0.25, 0.3) is 0 Å². The van der Waals surface area contributed by atoms with Gasteiger partial charge in [-0.25, -0.2) is 4.39 Å². The number of guanidine groups is 1. The molecule has 1 unspecified atom stereocenters. The number of aliphatic imine (C=N–C) groups is 1. The van der Waals surface area contributed by atoms with E-state index in [1.807, 2.05) is 6.07 Å². The van der Waals surface area contributed by atoms with Crippen molar-refractivity contribution < 1.29 is 9.13 Å². The molecule has 2 aromatic rings. The number of nitrogens with zero attached hydrogens (tertiary/aromatic N) is 2. The highest BCUT2D eigenvalue weighted by Crippen LogP contribution is 2.22. The second-order valence-corrected chi connectivity index (χ2v) is 7.46. The zero-order chi connectivity index (χ0) is 18.9. The van der Waals surface area contributed by atoms with Crippen molar-refractivity contribution in [3.05, 3.63) is 58.0 Å². The quantitative estimate of drug-likeness (QED) is 0.564. The molecular formula is C20H27FN4OS. The minimum absolute atomic E-state index is 0.0699. The third-order valence-corrected chi connectivity index (χ3v) is 5.59. The average molecular weight is 391 g/mol. The Hall–Kier alpha value is -1.96. The third-order valence-electron chi connectivity index (χ3n) is 4.65. The van der Waals surface area contributed by atoms with Gasteiger partial charge in [0, 0.05) is 38.1 Å². The highest BCUT2D eigenvalue weighted by Gasteiger charge is 2.23. The van der Waals surface area contributed by atoms with E-state index in [4.69, 9.17) is 4.74 Å². The van der Waals surface area contributed by atoms with Gasteiger partial charge in [0.25, 0.3) is 0 Å². The van der Waals surface area contributed by atoms with Crippen LogP contribution in [0.1, 0.15) is 16.5 Å². The van der Waals surface area contributed by atoms with Crippen LogP contribution >= 0.6 is 11.3 Å². The predicted molar refractivity (Wildman–Crippen MR) is 109 cm³/mol. The van der Waals surface area contributed by atoms with Gasteiger partial charge in [-0.1, -0.05) is 18.2 Å². The summed E-state index contributed by atoms with van der Waals surface area (Å²) < 4.78 is 19.2. The largest absolute Gasteiger partial charge is 0.379 e. The second-order valence-electron chi connectivity index (χ2n) is 6.43. The fraction of sp³-hybridized carbons (Fsp3) is 0.450. The first kappa shape index (κ1) is 19.8. The van der Waals surface area contributed by atoms with Crippen LogP contribution in [0.15, 0.2) is 46.8 Å². The van der Waals surface area contributed by atoms with Crippen LogP contribution in [0, 0.1) is 5.82 Å². The molecule has 7 heteroatoms. The van der Waals surface area contributed by atoms with Gasteiger partial charge in [0.05, 0.1) is 19.3 Å². The number of hydrogen-bond acceptors (Lipinski definition) is 4.